The average molecular weight is 204 g/mol. The molecule has 0 amide bonds. The Morgan fingerprint density at radius 3 is 2.15 bits per heavy atom. The summed E-state index contributed by atoms with van der Waals surface area (Å²) in [6.45, 7) is 5.03. The van der Waals surface area contributed by atoms with Crippen LogP contribution in [-0.4, -0.2) is 13.1 Å². The van der Waals surface area contributed by atoms with E-state index in [0.29, 0.717) is 5.41 Å². The third-order valence-corrected chi connectivity index (χ3v) is 4.09. The van der Waals surface area contributed by atoms with Crippen molar-refractivity contribution in [3.05, 3.63) is 0 Å². The summed E-state index contributed by atoms with van der Waals surface area (Å²) in [7, 11) is 0. The van der Waals surface area contributed by atoms with E-state index in [1.165, 1.54) is 51.6 Å². The number of hydrogen-bond donors (Lipinski definition) is 1. The fourth-order valence-corrected chi connectivity index (χ4v) is 3.03. The molecular weight excluding hydrogens is 182 g/mol. The molecule has 1 saturated heterocycles. The molecule has 0 spiro atoms. The molecule has 0 bridgehead atoms. The Kier molecular flexibility index (Phi) is 4.06. The summed E-state index contributed by atoms with van der Waals surface area (Å²) in [4.78, 5) is 0. The lowest BCUT2D eigenvalue weighted by atomic mass is 9.70. The van der Waals surface area contributed by atoms with Gasteiger partial charge in [-0.05, 0) is 50.1 Å². The highest BCUT2D eigenvalue weighted by Gasteiger charge is 2.36. The van der Waals surface area contributed by atoms with E-state index in [9.17, 15) is 0 Å². The predicted octanol–water partition coefficient (Wildman–Crippen LogP) is 2.99. The van der Waals surface area contributed by atoms with Crippen molar-refractivity contribution in [3.63, 3.8) is 0 Å². The highest BCUT2D eigenvalue weighted by molar-refractivity contribution is 5.85. The Labute approximate surface area is 88.1 Å². The highest BCUT2D eigenvalue weighted by atomic mass is 35.5. The summed E-state index contributed by atoms with van der Waals surface area (Å²) in [5.41, 5.74) is 0.696. The molecule has 2 aliphatic rings. The molecule has 0 atom stereocenters. The average Bonchev–Trinajstić information content (AvgIpc) is 2.58. The van der Waals surface area contributed by atoms with E-state index in [4.69, 9.17) is 0 Å². The van der Waals surface area contributed by atoms with E-state index < -0.39 is 0 Å². The number of piperidine rings is 1. The molecule has 2 rings (SSSR count). The maximum absolute atomic E-state index is 3.46. The van der Waals surface area contributed by atoms with Crippen molar-refractivity contribution in [2.45, 2.75) is 45.4 Å². The van der Waals surface area contributed by atoms with Crippen LogP contribution in [0.15, 0.2) is 0 Å². The molecule has 1 saturated carbocycles. The molecule has 1 N–H and O–H groups in total. The minimum absolute atomic E-state index is 0. The van der Waals surface area contributed by atoms with Gasteiger partial charge in [-0.2, -0.15) is 0 Å². The van der Waals surface area contributed by atoms with Gasteiger partial charge in [0.2, 0.25) is 0 Å². The van der Waals surface area contributed by atoms with Crippen molar-refractivity contribution in [1.82, 2.24) is 5.32 Å². The fraction of sp³-hybridized carbons (Fsp3) is 1.00. The molecule has 0 aromatic carbocycles. The Morgan fingerprint density at radius 1 is 1.08 bits per heavy atom. The van der Waals surface area contributed by atoms with E-state index in [1.807, 2.05) is 0 Å². The van der Waals surface area contributed by atoms with Crippen LogP contribution in [0.3, 0.4) is 0 Å². The molecule has 0 aromatic heterocycles. The first-order chi connectivity index (χ1) is 5.81. The van der Waals surface area contributed by atoms with Gasteiger partial charge in [-0.15, -0.1) is 12.4 Å². The summed E-state index contributed by atoms with van der Waals surface area (Å²) >= 11 is 0. The van der Waals surface area contributed by atoms with Gasteiger partial charge < -0.3 is 5.32 Å². The third kappa shape index (κ3) is 2.38. The van der Waals surface area contributed by atoms with Gasteiger partial charge in [0.1, 0.15) is 0 Å². The maximum Gasteiger partial charge on any atom is -0.00436 e. The molecule has 1 aliphatic heterocycles. The molecule has 78 valence electrons. The van der Waals surface area contributed by atoms with Gasteiger partial charge in [-0.25, -0.2) is 0 Å². The van der Waals surface area contributed by atoms with E-state index in [2.05, 4.69) is 12.2 Å². The molecule has 0 aromatic rings. The first-order valence-electron chi connectivity index (χ1n) is 5.52. The van der Waals surface area contributed by atoms with Crippen LogP contribution in [0.1, 0.15) is 45.4 Å². The largest absolute Gasteiger partial charge is 0.317 e. The Morgan fingerprint density at radius 2 is 1.62 bits per heavy atom. The summed E-state index contributed by atoms with van der Waals surface area (Å²) in [6.07, 6.45) is 8.84. The van der Waals surface area contributed by atoms with Crippen molar-refractivity contribution < 1.29 is 0 Å². The molecule has 1 heterocycles. The van der Waals surface area contributed by atoms with Gasteiger partial charge in [-0.1, -0.05) is 19.8 Å². The number of nitrogens with one attached hydrogen (secondary N) is 1. The molecule has 1 aliphatic carbocycles. The topological polar surface area (TPSA) is 12.0 Å². The lowest BCUT2D eigenvalue weighted by Gasteiger charge is -2.39. The van der Waals surface area contributed by atoms with E-state index in [0.717, 1.165) is 5.92 Å². The Bertz CT molecular complexity index is 146. The summed E-state index contributed by atoms with van der Waals surface area (Å²) in [5.74, 6) is 1.06. The second kappa shape index (κ2) is 4.65. The van der Waals surface area contributed by atoms with Crippen molar-refractivity contribution in [3.8, 4) is 0 Å². The Balaban J connectivity index is 0.000000845. The fourth-order valence-electron chi connectivity index (χ4n) is 3.03. The van der Waals surface area contributed by atoms with Crippen LogP contribution in [0.5, 0.6) is 0 Å². The molecule has 2 fully saturated rings. The number of hydrogen-bond acceptors (Lipinski definition) is 1. The van der Waals surface area contributed by atoms with Crippen LogP contribution in [0.2, 0.25) is 0 Å². The Hall–Kier alpha value is 0.250. The van der Waals surface area contributed by atoms with Gasteiger partial charge in [-0.3, -0.25) is 0 Å². The van der Waals surface area contributed by atoms with Crippen LogP contribution in [0.4, 0.5) is 0 Å². The molecule has 0 radical (unpaired) electrons. The van der Waals surface area contributed by atoms with Crippen molar-refractivity contribution in [2.75, 3.05) is 13.1 Å². The monoisotopic (exact) mass is 203 g/mol. The molecule has 2 heteroatoms. The first kappa shape index (κ1) is 11.3. The lowest BCUT2D eigenvalue weighted by Crippen LogP contribution is -2.38. The van der Waals surface area contributed by atoms with Crippen LogP contribution in [0, 0.1) is 11.3 Å². The highest BCUT2D eigenvalue weighted by Crippen LogP contribution is 2.45. The second-order valence-electron chi connectivity index (χ2n) is 4.89. The summed E-state index contributed by atoms with van der Waals surface area (Å²) < 4.78 is 0. The predicted molar refractivity (Wildman–Crippen MR) is 59.4 cm³/mol. The normalized spacial score (nSPS) is 28.4. The van der Waals surface area contributed by atoms with Crippen LogP contribution in [0.25, 0.3) is 0 Å². The smallest absolute Gasteiger partial charge is 0.00436 e. The maximum atomic E-state index is 3.46. The van der Waals surface area contributed by atoms with Crippen molar-refractivity contribution in [2.24, 2.45) is 11.3 Å². The van der Waals surface area contributed by atoms with Gasteiger partial charge in [0.05, 0.1) is 0 Å². The van der Waals surface area contributed by atoms with E-state index in [1.54, 1.807) is 0 Å². The summed E-state index contributed by atoms with van der Waals surface area (Å²) in [6, 6.07) is 0. The van der Waals surface area contributed by atoms with Gasteiger partial charge >= 0.3 is 0 Å². The third-order valence-electron chi connectivity index (χ3n) is 4.09. The zero-order chi connectivity index (χ0) is 8.44. The molecule has 0 unspecified atom stereocenters. The standard InChI is InChI=1S/C11H21N.ClH/c1-11(6-8-12-9-7-11)10-4-2-3-5-10;/h10,12H,2-9H2,1H3;1H. The second-order valence-corrected chi connectivity index (χ2v) is 4.89. The molecule has 13 heavy (non-hydrogen) atoms. The summed E-state index contributed by atoms with van der Waals surface area (Å²) in [5, 5.41) is 3.46. The van der Waals surface area contributed by atoms with Crippen molar-refractivity contribution in [1.29, 1.82) is 0 Å². The zero-order valence-electron chi connectivity index (χ0n) is 8.64. The minimum Gasteiger partial charge on any atom is -0.317 e. The van der Waals surface area contributed by atoms with Crippen molar-refractivity contribution >= 4 is 12.4 Å². The molecule has 1 nitrogen and oxygen atoms in total. The number of halogens is 1. The van der Waals surface area contributed by atoms with Gasteiger partial charge in [0.25, 0.3) is 0 Å². The minimum atomic E-state index is 0. The lowest BCUT2D eigenvalue weighted by molar-refractivity contribution is 0.132. The van der Waals surface area contributed by atoms with Crippen LogP contribution >= 0.6 is 12.4 Å². The van der Waals surface area contributed by atoms with E-state index >= 15 is 0 Å². The zero-order valence-corrected chi connectivity index (χ0v) is 9.46. The van der Waals surface area contributed by atoms with E-state index in [-0.39, 0.29) is 12.4 Å². The first-order valence-corrected chi connectivity index (χ1v) is 5.52. The quantitative estimate of drug-likeness (QED) is 0.691. The van der Waals surface area contributed by atoms with Crippen LogP contribution < -0.4 is 5.32 Å². The number of rotatable bonds is 1. The van der Waals surface area contributed by atoms with Gasteiger partial charge in [0.15, 0.2) is 0 Å². The molecular formula is C11H22ClN. The SMILES string of the molecule is CC1(C2CCCC2)CCNCC1.Cl. The van der Waals surface area contributed by atoms with Crippen LogP contribution in [-0.2, 0) is 0 Å². The van der Waals surface area contributed by atoms with Gasteiger partial charge in [0, 0.05) is 0 Å².